The van der Waals surface area contributed by atoms with Gasteiger partial charge in [-0.25, -0.2) is 0 Å². The summed E-state index contributed by atoms with van der Waals surface area (Å²) in [6.07, 6.45) is 14.3. The fourth-order valence-corrected chi connectivity index (χ4v) is 6.33. The van der Waals surface area contributed by atoms with Crippen LogP contribution in [0.4, 0.5) is 0 Å². The van der Waals surface area contributed by atoms with Crippen LogP contribution in [0.25, 0.3) is 0 Å². The maximum Gasteiger partial charge on any atom is 0.283 e. The third-order valence-corrected chi connectivity index (χ3v) is 7.69. The van der Waals surface area contributed by atoms with Crippen molar-refractivity contribution in [2.75, 3.05) is 12.4 Å². The van der Waals surface area contributed by atoms with E-state index >= 15 is 0 Å². The average molecular weight is 431 g/mol. The molecular formula is C24H34N2O3S. The summed E-state index contributed by atoms with van der Waals surface area (Å²) in [5.41, 5.74) is 3.00. The second-order valence-electron chi connectivity index (χ2n) is 9.15. The fraction of sp³-hybridized carbons (Fsp3) is 0.625. The van der Waals surface area contributed by atoms with E-state index < -0.39 is 10.1 Å². The lowest BCUT2D eigenvalue weighted by Gasteiger charge is -2.30. The Morgan fingerprint density at radius 2 is 1.80 bits per heavy atom. The summed E-state index contributed by atoms with van der Waals surface area (Å²) in [4.78, 5) is 7.08. The summed E-state index contributed by atoms with van der Waals surface area (Å²) in [5.74, 6) is 1.15. The second-order valence-corrected chi connectivity index (χ2v) is 10.6. The van der Waals surface area contributed by atoms with Gasteiger partial charge in [-0.1, -0.05) is 68.9 Å². The van der Waals surface area contributed by atoms with Crippen LogP contribution < -0.4 is 0 Å². The van der Waals surface area contributed by atoms with Crippen molar-refractivity contribution in [3.05, 3.63) is 47.7 Å². The van der Waals surface area contributed by atoms with Crippen molar-refractivity contribution in [1.82, 2.24) is 4.90 Å². The molecule has 0 amide bonds. The quantitative estimate of drug-likeness (QED) is 0.506. The lowest BCUT2D eigenvalue weighted by molar-refractivity contribution is 0.235. The molecule has 2 aliphatic carbocycles. The highest BCUT2D eigenvalue weighted by atomic mass is 32.2. The smallest absolute Gasteiger partial charge is 0.283 e. The highest BCUT2D eigenvalue weighted by Gasteiger charge is 2.34. The van der Waals surface area contributed by atoms with Gasteiger partial charge >= 0.3 is 0 Å². The molecule has 6 heteroatoms. The number of rotatable bonds is 6. The minimum Gasteiger partial charge on any atom is -0.359 e. The van der Waals surface area contributed by atoms with E-state index in [1.807, 2.05) is 18.2 Å². The minimum atomic E-state index is -4.04. The standard InChI is InChI=1S/C24H34N2O3S/c27-30(28,29)18-26-16-8-13-21(26)17-24(20-11-5-2-6-12-20)25-23-15-7-14-22(23)19-9-3-1-4-10-19/h2,5-6,11-12,17,19,22-23H,1,3-4,7-10,13-16,18H2,(H,27,28,29)/t22-,23-/m1/s1. The first-order valence-corrected chi connectivity index (χ1v) is 13.1. The molecule has 1 N–H and O–H groups in total. The van der Waals surface area contributed by atoms with Crippen molar-refractivity contribution in [1.29, 1.82) is 0 Å². The Morgan fingerprint density at radius 1 is 1.03 bits per heavy atom. The predicted octanol–water partition coefficient (Wildman–Crippen LogP) is 5.05. The molecule has 2 atom stereocenters. The van der Waals surface area contributed by atoms with Crippen molar-refractivity contribution in [3.8, 4) is 0 Å². The number of aliphatic imine (C=N–C) groups is 1. The van der Waals surface area contributed by atoms with Crippen LogP contribution in [-0.2, 0) is 10.1 Å². The third-order valence-electron chi connectivity index (χ3n) is 7.05. The highest BCUT2D eigenvalue weighted by Crippen LogP contribution is 2.41. The molecule has 0 spiro atoms. The van der Waals surface area contributed by atoms with Crippen LogP contribution in [0, 0.1) is 11.8 Å². The molecule has 1 aliphatic heterocycles. The van der Waals surface area contributed by atoms with Crippen molar-refractivity contribution in [2.24, 2.45) is 16.8 Å². The molecule has 0 aromatic heterocycles. The first kappa shape index (κ1) is 21.6. The van der Waals surface area contributed by atoms with E-state index in [4.69, 9.17) is 4.99 Å². The molecule has 4 rings (SSSR count). The normalized spacial score (nSPS) is 27.8. The van der Waals surface area contributed by atoms with Crippen LogP contribution in [0.15, 0.2) is 47.1 Å². The van der Waals surface area contributed by atoms with Crippen LogP contribution in [0.2, 0.25) is 0 Å². The summed E-state index contributed by atoms with van der Waals surface area (Å²) in [6.45, 7) is 0.655. The number of nitrogens with zero attached hydrogens (tertiary/aromatic N) is 2. The molecule has 3 fully saturated rings. The zero-order chi connectivity index (χ0) is 21.0. The molecule has 164 valence electrons. The predicted molar refractivity (Wildman–Crippen MR) is 121 cm³/mol. The first-order valence-electron chi connectivity index (χ1n) is 11.5. The van der Waals surface area contributed by atoms with Crippen LogP contribution >= 0.6 is 0 Å². The Bertz CT molecular complexity index is 873. The molecule has 5 nitrogen and oxygen atoms in total. The SMILES string of the molecule is O=S(=O)(O)CN1CCCC1=CC(=N[C@@H]1CCC[C@@H]1C1CCCCC1)c1ccccc1. The summed E-state index contributed by atoms with van der Waals surface area (Å²) >= 11 is 0. The molecule has 0 bridgehead atoms. The summed E-state index contributed by atoms with van der Waals surface area (Å²) in [5, 5.41) is 0. The number of benzene rings is 1. The zero-order valence-corrected chi connectivity index (χ0v) is 18.6. The van der Waals surface area contributed by atoms with E-state index in [1.165, 1.54) is 44.9 Å². The zero-order valence-electron chi connectivity index (χ0n) is 17.7. The number of likely N-dealkylation sites (tertiary alicyclic amines) is 1. The highest BCUT2D eigenvalue weighted by molar-refractivity contribution is 7.85. The van der Waals surface area contributed by atoms with Gasteiger partial charge in [-0.2, -0.15) is 8.42 Å². The maximum atomic E-state index is 11.4. The van der Waals surface area contributed by atoms with E-state index in [0.717, 1.165) is 42.2 Å². The largest absolute Gasteiger partial charge is 0.359 e. The van der Waals surface area contributed by atoms with Gasteiger partial charge in [0.1, 0.15) is 5.88 Å². The van der Waals surface area contributed by atoms with Gasteiger partial charge in [0.25, 0.3) is 10.1 Å². The number of hydrogen-bond acceptors (Lipinski definition) is 4. The monoisotopic (exact) mass is 430 g/mol. The third kappa shape index (κ3) is 5.52. The number of hydrogen-bond donors (Lipinski definition) is 1. The van der Waals surface area contributed by atoms with Crippen LogP contribution in [0.5, 0.6) is 0 Å². The Labute approximate surface area is 181 Å². The van der Waals surface area contributed by atoms with Gasteiger partial charge in [0.05, 0.1) is 11.8 Å². The fourth-order valence-electron chi connectivity index (χ4n) is 5.64. The lowest BCUT2D eigenvalue weighted by Crippen LogP contribution is -2.26. The van der Waals surface area contributed by atoms with Crippen LogP contribution in [0.1, 0.15) is 69.8 Å². The van der Waals surface area contributed by atoms with Gasteiger partial charge < -0.3 is 4.90 Å². The summed E-state index contributed by atoms with van der Waals surface area (Å²) in [7, 11) is -4.04. The van der Waals surface area contributed by atoms with Crippen molar-refractivity contribution in [2.45, 2.75) is 70.3 Å². The van der Waals surface area contributed by atoms with Crippen molar-refractivity contribution < 1.29 is 13.0 Å². The van der Waals surface area contributed by atoms with E-state index in [0.29, 0.717) is 18.5 Å². The van der Waals surface area contributed by atoms with Crippen LogP contribution in [0.3, 0.4) is 0 Å². The summed E-state index contributed by atoms with van der Waals surface area (Å²) < 4.78 is 32.2. The van der Waals surface area contributed by atoms with E-state index in [9.17, 15) is 13.0 Å². The number of allylic oxidation sites excluding steroid dienone is 2. The first-order chi connectivity index (χ1) is 14.5. The van der Waals surface area contributed by atoms with Gasteiger partial charge in [-0.15, -0.1) is 0 Å². The summed E-state index contributed by atoms with van der Waals surface area (Å²) in [6, 6.07) is 10.6. The van der Waals surface area contributed by atoms with Crippen molar-refractivity contribution >= 4 is 15.8 Å². The Hall–Kier alpha value is -1.66. The molecule has 1 saturated heterocycles. The molecule has 0 radical (unpaired) electrons. The molecule has 1 heterocycles. The average Bonchev–Trinajstić information content (AvgIpc) is 3.37. The van der Waals surface area contributed by atoms with E-state index in [1.54, 1.807) is 4.90 Å². The van der Waals surface area contributed by atoms with Gasteiger partial charge in [0.2, 0.25) is 0 Å². The van der Waals surface area contributed by atoms with Gasteiger partial charge in [-0.3, -0.25) is 9.55 Å². The van der Waals surface area contributed by atoms with Gasteiger partial charge in [0.15, 0.2) is 0 Å². The molecule has 2 saturated carbocycles. The Balaban J connectivity index is 1.63. The van der Waals surface area contributed by atoms with Crippen LogP contribution in [-0.4, -0.2) is 42.0 Å². The maximum absolute atomic E-state index is 11.4. The second kappa shape index (κ2) is 9.65. The van der Waals surface area contributed by atoms with Gasteiger partial charge in [0, 0.05) is 12.2 Å². The molecule has 30 heavy (non-hydrogen) atoms. The topological polar surface area (TPSA) is 70.0 Å². The Morgan fingerprint density at radius 3 is 2.53 bits per heavy atom. The van der Waals surface area contributed by atoms with E-state index in [-0.39, 0.29) is 5.88 Å². The minimum absolute atomic E-state index is 0.338. The van der Waals surface area contributed by atoms with Gasteiger partial charge in [-0.05, 0) is 49.2 Å². The molecule has 0 unspecified atom stereocenters. The lowest BCUT2D eigenvalue weighted by atomic mass is 9.78. The Kier molecular flexibility index (Phi) is 6.94. The molecular weight excluding hydrogens is 396 g/mol. The molecule has 1 aromatic rings. The van der Waals surface area contributed by atoms with Crippen molar-refractivity contribution in [3.63, 3.8) is 0 Å². The molecule has 1 aromatic carbocycles. The van der Waals surface area contributed by atoms with E-state index in [2.05, 4.69) is 18.2 Å². The molecule has 3 aliphatic rings.